The van der Waals surface area contributed by atoms with Gasteiger partial charge in [-0.2, -0.15) is 0 Å². The number of benzene rings is 2. The van der Waals surface area contributed by atoms with E-state index in [1.807, 2.05) is 55.5 Å². The Labute approximate surface area is 125 Å². The zero-order chi connectivity index (χ0) is 15.3. The quantitative estimate of drug-likeness (QED) is 0.857. The number of rotatable bonds is 6. The highest BCUT2D eigenvalue weighted by Gasteiger charge is 2.26. The van der Waals surface area contributed by atoms with Crippen LogP contribution in [0.25, 0.3) is 0 Å². The largest absolute Gasteiger partial charge is 0.497 e. The Bertz CT molecular complexity index is 583. The molecule has 0 spiro atoms. The van der Waals surface area contributed by atoms with Crippen molar-refractivity contribution in [3.05, 3.63) is 54.1 Å². The maximum absolute atomic E-state index is 9.84. The standard InChI is InChI=1S/C17H21NO3/c1-17(12-19,13-5-4-6-16(11-13)21-3)18-14-7-9-15(20-2)10-8-14/h4-11,18-19H,12H2,1-3H3. The number of nitrogens with one attached hydrogen (secondary N) is 1. The molecule has 0 heterocycles. The summed E-state index contributed by atoms with van der Waals surface area (Å²) in [4.78, 5) is 0. The Morgan fingerprint density at radius 1 is 1.00 bits per heavy atom. The van der Waals surface area contributed by atoms with Gasteiger partial charge in [0.15, 0.2) is 0 Å². The second-order valence-corrected chi connectivity index (χ2v) is 5.08. The van der Waals surface area contributed by atoms with Crippen molar-refractivity contribution in [1.29, 1.82) is 0 Å². The van der Waals surface area contributed by atoms with Crippen LogP contribution in [0.2, 0.25) is 0 Å². The van der Waals surface area contributed by atoms with Gasteiger partial charge in [-0.15, -0.1) is 0 Å². The van der Waals surface area contributed by atoms with Crippen molar-refractivity contribution in [2.45, 2.75) is 12.5 Å². The molecule has 2 rings (SSSR count). The lowest BCUT2D eigenvalue weighted by Crippen LogP contribution is -2.35. The third-order valence-corrected chi connectivity index (χ3v) is 3.53. The van der Waals surface area contributed by atoms with Crippen molar-refractivity contribution in [1.82, 2.24) is 0 Å². The Morgan fingerprint density at radius 3 is 2.24 bits per heavy atom. The van der Waals surface area contributed by atoms with Crippen molar-refractivity contribution >= 4 is 5.69 Å². The Balaban J connectivity index is 2.26. The lowest BCUT2D eigenvalue weighted by Gasteiger charge is -2.31. The van der Waals surface area contributed by atoms with E-state index in [1.165, 1.54) is 0 Å². The molecule has 0 amide bonds. The van der Waals surface area contributed by atoms with Crippen molar-refractivity contribution < 1.29 is 14.6 Å². The minimum Gasteiger partial charge on any atom is -0.497 e. The Kier molecular flexibility index (Phi) is 4.70. The number of anilines is 1. The first-order valence-corrected chi connectivity index (χ1v) is 6.79. The molecule has 4 heteroatoms. The van der Waals surface area contributed by atoms with E-state index in [9.17, 15) is 5.11 Å². The second-order valence-electron chi connectivity index (χ2n) is 5.08. The van der Waals surface area contributed by atoms with Gasteiger partial charge in [0.25, 0.3) is 0 Å². The van der Waals surface area contributed by atoms with E-state index in [2.05, 4.69) is 5.32 Å². The molecular formula is C17H21NO3. The van der Waals surface area contributed by atoms with E-state index >= 15 is 0 Å². The van der Waals surface area contributed by atoms with E-state index in [0.29, 0.717) is 0 Å². The number of hydrogen-bond donors (Lipinski definition) is 2. The van der Waals surface area contributed by atoms with E-state index < -0.39 is 5.54 Å². The first kappa shape index (κ1) is 15.2. The monoisotopic (exact) mass is 287 g/mol. The first-order valence-electron chi connectivity index (χ1n) is 6.79. The van der Waals surface area contributed by atoms with Crippen molar-refractivity contribution in [3.63, 3.8) is 0 Å². The number of hydrogen-bond acceptors (Lipinski definition) is 4. The predicted octanol–water partition coefficient (Wildman–Crippen LogP) is 3.02. The van der Waals surface area contributed by atoms with Crippen LogP contribution < -0.4 is 14.8 Å². The van der Waals surface area contributed by atoms with Gasteiger partial charge in [-0.1, -0.05) is 12.1 Å². The highest BCUT2D eigenvalue weighted by Crippen LogP contribution is 2.29. The summed E-state index contributed by atoms with van der Waals surface area (Å²) in [6.45, 7) is 1.91. The molecule has 112 valence electrons. The number of aliphatic hydroxyl groups excluding tert-OH is 1. The predicted molar refractivity (Wildman–Crippen MR) is 84.0 cm³/mol. The first-order chi connectivity index (χ1) is 10.1. The molecule has 0 aromatic heterocycles. The molecule has 1 unspecified atom stereocenters. The van der Waals surface area contributed by atoms with Crippen molar-refractivity contribution in [3.8, 4) is 11.5 Å². The average molecular weight is 287 g/mol. The Morgan fingerprint density at radius 2 is 1.67 bits per heavy atom. The van der Waals surface area contributed by atoms with Gasteiger partial charge in [-0.3, -0.25) is 0 Å². The van der Waals surface area contributed by atoms with Crippen molar-refractivity contribution in [2.75, 3.05) is 26.1 Å². The van der Waals surface area contributed by atoms with Gasteiger partial charge in [0.1, 0.15) is 11.5 Å². The molecule has 2 N–H and O–H groups in total. The third kappa shape index (κ3) is 3.47. The Hall–Kier alpha value is -2.20. The van der Waals surface area contributed by atoms with Gasteiger partial charge < -0.3 is 19.9 Å². The van der Waals surface area contributed by atoms with Gasteiger partial charge in [0.2, 0.25) is 0 Å². The molecule has 0 radical (unpaired) electrons. The molecule has 0 aliphatic heterocycles. The summed E-state index contributed by atoms with van der Waals surface area (Å²) in [6.07, 6.45) is 0. The summed E-state index contributed by atoms with van der Waals surface area (Å²) in [5.41, 5.74) is 1.28. The van der Waals surface area contributed by atoms with Gasteiger partial charge in [-0.05, 0) is 48.9 Å². The minimum absolute atomic E-state index is 0.0355. The summed E-state index contributed by atoms with van der Waals surface area (Å²) in [5.74, 6) is 1.57. The minimum atomic E-state index is -0.594. The third-order valence-electron chi connectivity index (χ3n) is 3.53. The molecule has 2 aromatic carbocycles. The molecule has 21 heavy (non-hydrogen) atoms. The van der Waals surface area contributed by atoms with Crippen LogP contribution in [0.3, 0.4) is 0 Å². The van der Waals surface area contributed by atoms with Crippen LogP contribution >= 0.6 is 0 Å². The fraction of sp³-hybridized carbons (Fsp3) is 0.294. The lowest BCUT2D eigenvalue weighted by atomic mass is 9.92. The summed E-state index contributed by atoms with van der Waals surface area (Å²) < 4.78 is 10.4. The molecule has 4 nitrogen and oxygen atoms in total. The highest BCUT2D eigenvalue weighted by atomic mass is 16.5. The highest BCUT2D eigenvalue weighted by molar-refractivity contribution is 5.50. The number of ether oxygens (including phenoxy) is 2. The van der Waals surface area contributed by atoms with E-state index in [0.717, 1.165) is 22.7 Å². The molecule has 2 aromatic rings. The van der Waals surface area contributed by atoms with Crippen LogP contribution in [0, 0.1) is 0 Å². The van der Waals surface area contributed by atoms with Gasteiger partial charge in [-0.25, -0.2) is 0 Å². The summed E-state index contributed by atoms with van der Waals surface area (Å²) in [7, 11) is 3.27. The van der Waals surface area contributed by atoms with Crippen LogP contribution in [0.15, 0.2) is 48.5 Å². The smallest absolute Gasteiger partial charge is 0.119 e. The molecule has 0 fully saturated rings. The summed E-state index contributed by atoms with van der Waals surface area (Å²) >= 11 is 0. The van der Waals surface area contributed by atoms with Crippen LogP contribution in [0.5, 0.6) is 11.5 Å². The van der Waals surface area contributed by atoms with Gasteiger partial charge in [0.05, 0.1) is 26.4 Å². The zero-order valence-corrected chi connectivity index (χ0v) is 12.6. The fourth-order valence-electron chi connectivity index (χ4n) is 2.16. The average Bonchev–Trinajstić information content (AvgIpc) is 2.55. The zero-order valence-electron chi connectivity index (χ0n) is 12.6. The normalized spacial score (nSPS) is 13.3. The molecule has 0 bridgehead atoms. The molecule has 1 atom stereocenters. The van der Waals surface area contributed by atoms with Crippen LogP contribution in [0.4, 0.5) is 5.69 Å². The SMILES string of the molecule is COc1ccc(NC(C)(CO)c2cccc(OC)c2)cc1. The molecule has 0 aliphatic rings. The number of aliphatic hydroxyl groups is 1. The summed E-state index contributed by atoms with van der Waals surface area (Å²) in [6, 6.07) is 15.3. The maximum atomic E-state index is 9.84. The van der Waals surface area contributed by atoms with Crippen molar-refractivity contribution in [2.24, 2.45) is 0 Å². The lowest BCUT2D eigenvalue weighted by molar-refractivity contribution is 0.223. The van der Waals surface area contributed by atoms with E-state index in [1.54, 1.807) is 14.2 Å². The second kappa shape index (κ2) is 6.50. The van der Waals surface area contributed by atoms with Crippen LogP contribution in [-0.2, 0) is 5.54 Å². The molecule has 0 aliphatic carbocycles. The van der Waals surface area contributed by atoms with E-state index in [4.69, 9.17) is 9.47 Å². The maximum Gasteiger partial charge on any atom is 0.119 e. The molecule has 0 saturated carbocycles. The summed E-state index contributed by atoms with van der Waals surface area (Å²) in [5, 5.41) is 13.2. The van der Waals surface area contributed by atoms with E-state index in [-0.39, 0.29) is 6.61 Å². The van der Waals surface area contributed by atoms with Crippen LogP contribution in [-0.4, -0.2) is 25.9 Å². The fourth-order valence-corrected chi connectivity index (χ4v) is 2.16. The molecular weight excluding hydrogens is 266 g/mol. The number of methoxy groups -OCH3 is 2. The topological polar surface area (TPSA) is 50.7 Å². The van der Waals surface area contributed by atoms with Crippen LogP contribution in [0.1, 0.15) is 12.5 Å². The van der Waals surface area contributed by atoms with Gasteiger partial charge >= 0.3 is 0 Å². The van der Waals surface area contributed by atoms with Gasteiger partial charge in [0, 0.05) is 5.69 Å². The molecule has 0 saturated heterocycles.